The molecule has 2 aliphatic heterocycles. The second-order valence-corrected chi connectivity index (χ2v) is 8.18. The number of hydrogen-bond donors (Lipinski definition) is 2. The Morgan fingerprint density at radius 1 is 1.44 bits per heavy atom. The van der Waals surface area contributed by atoms with E-state index in [1.807, 2.05) is 6.92 Å². The van der Waals surface area contributed by atoms with E-state index in [0.29, 0.717) is 26.2 Å². The van der Waals surface area contributed by atoms with Crippen molar-refractivity contribution < 1.29 is 14.6 Å². The standard InChI is InChI=1S/C20H34N2O3/c1-20(24)10-13-25-15-17(20)18-8-5-12-22(18)14-19(23)21-11-9-16-6-3-2-4-7-16/h6,17-18,24H,2-5,7-15H2,1H3,(H,21,23)/t17-,18+,20+/m1/s1. The lowest BCUT2D eigenvalue weighted by molar-refractivity contribution is -0.131. The number of likely N-dealkylation sites (tertiary alicyclic amines) is 1. The quantitative estimate of drug-likeness (QED) is 0.721. The third kappa shape index (κ3) is 5.05. The van der Waals surface area contributed by atoms with Gasteiger partial charge in [0.1, 0.15) is 0 Å². The molecular formula is C20H34N2O3. The summed E-state index contributed by atoms with van der Waals surface area (Å²) in [5, 5.41) is 13.8. The van der Waals surface area contributed by atoms with Gasteiger partial charge in [-0.25, -0.2) is 0 Å². The Hall–Kier alpha value is -0.910. The molecule has 2 N–H and O–H groups in total. The molecule has 2 heterocycles. The fourth-order valence-corrected chi connectivity index (χ4v) is 4.62. The lowest BCUT2D eigenvalue weighted by atomic mass is 9.79. The van der Waals surface area contributed by atoms with Gasteiger partial charge in [-0.1, -0.05) is 11.6 Å². The van der Waals surface area contributed by atoms with E-state index in [4.69, 9.17) is 4.74 Å². The molecule has 25 heavy (non-hydrogen) atoms. The minimum Gasteiger partial charge on any atom is -0.390 e. The molecule has 0 aromatic heterocycles. The monoisotopic (exact) mass is 350 g/mol. The summed E-state index contributed by atoms with van der Waals surface area (Å²) in [7, 11) is 0. The van der Waals surface area contributed by atoms with Crippen molar-refractivity contribution in [1.29, 1.82) is 0 Å². The van der Waals surface area contributed by atoms with E-state index in [9.17, 15) is 9.90 Å². The third-order valence-corrected chi connectivity index (χ3v) is 6.23. The van der Waals surface area contributed by atoms with E-state index in [0.717, 1.165) is 32.4 Å². The first-order valence-corrected chi connectivity index (χ1v) is 10.0. The van der Waals surface area contributed by atoms with E-state index in [1.54, 1.807) is 0 Å². The fourth-order valence-electron chi connectivity index (χ4n) is 4.62. The second kappa shape index (κ2) is 8.65. The predicted octanol–water partition coefficient (Wildman–Crippen LogP) is 2.24. The van der Waals surface area contributed by atoms with Crippen LogP contribution in [0.1, 0.15) is 58.3 Å². The molecular weight excluding hydrogens is 316 g/mol. The summed E-state index contributed by atoms with van der Waals surface area (Å²) < 4.78 is 5.62. The lowest BCUT2D eigenvalue weighted by Crippen LogP contribution is -2.53. The maximum absolute atomic E-state index is 12.4. The first-order valence-electron chi connectivity index (χ1n) is 10.0. The average Bonchev–Trinajstić information content (AvgIpc) is 3.03. The van der Waals surface area contributed by atoms with Gasteiger partial charge in [-0.2, -0.15) is 0 Å². The number of amides is 1. The summed E-state index contributed by atoms with van der Waals surface area (Å²) in [6, 6.07) is 0.252. The number of hydrogen-bond acceptors (Lipinski definition) is 4. The first kappa shape index (κ1) is 18.9. The lowest BCUT2D eigenvalue weighted by Gasteiger charge is -2.43. The molecule has 0 saturated carbocycles. The van der Waals surface area contributed by atoms with Crippen molar-refractivity contribution in [2.24, 2.45) is 5.92 Å². The van der Waals surface area contributed by atoms with Gasteiger partial charge in [-0.3, -0.25) is 9.69 Å². The van der Waals surface area contributed by atoms with Crippen molar-refractivity contribution in [3.05, 3.63) is 11.6 Å². The molecule has 5 heteroatoms. The average molecular weight is 351 g/mol. The number of carbonyl (C=O) groups is 1. The molecule has 0 aromatic rings. The fraction of sp³-hybridized carbons (Fsp3) is 0.850. The largest absolute Gasteiger partial charge is 0.390 e. The SMILES string of the molecule is C[C@]1(O)CCOC[C@@H]1[C@@H]1CCCN1CC(=O)NCCC1=CCCCC1. The first-order chi connectivity index (χ1) is 12.1. The summed E-state index contributed by atoms with van der Waals surface area (Å²) in [6.45, 7) is 5.28. The molecule has 0 spiro atoms. The van der Waals surface area contributed by atoms with Gasteiger partial charge in [0, 0.05) is 25.1 Å². The van der Waals surface area contributed by atoms with Crippen LogP contribution in [0.3, 0.4) is 0 Å². The molecule has 0 aromatic carbocycles. The van der Waals surface area contributed by atoms with Gasteiger partial charge in [0.05, 0.1) is 18.8 Å². The maximum Gasteiger partial charge on any atom is 0.234 e. The van der Waals surface area contributed by atoms with Crippen LogP contribution < -0.4 is 5.32 Å². The molecule has 0 radical (unpaired) electrons. The second-order valence-electron chi connectivity index (χ2n) is 8.18. The Labute approximate surface area is 151 Å². The molecule has 1 aliphatic carbocycles. The van der Waals surface area contributed by atoms with Crippen LogP contribution in [0.15, 0.2) is 11.6 Å². The molecule has 3 aliphatic rings. The summed E-state index contributed by atoms with van der Waals surface area (Å²) >= 11 is 0. The molecule has 3 rings (SSSR count). The van der Waals surface area contributed by atoms with E-state index >= 15 is 0 Å². The normalized spacial score (nSPS) is 33.9. The summed E-state index contributed by atoms with van der Waals surface area (Å²) in [4.78, 5) is 14.6. The van der Waals surface area contributed by atoms with Crippen LogP contribution in [0.4, 0.5) is 0 Å². The third-order valence-electron chi connectivity index (χ3n) is 6.23. The highest BCUT2D eigenvalue weighted by Gasteiger charge is 2.44. The van der Waals surface area contributed by atoms with E-state index < -0.39 is 5.60 Å². The zero-order chi connectivity index (χ0) is 17.7. The highest BCUT2D eigenvalue weighted by molar-refractivity contribution is 5.78. The van der Waals surface area contributed by atoms with Gasteiger partial charge >= 0.3 is 0 Å². The van der Waals surface area contributed by atoms with Crippen LogP contribution in [0.2, 0.25) is 0 Å². The molecule has 142 valence electrons. The van der Waals surface area contributed by atoms with Gasteiger partial charge in [0.2, 0.25) is 5.91 Å². The van der Waals surface area contributed by atoms with Gasteiger partial charge in [-0.15, -0.1) is 0 Å². The number of nitrogens with zero attached hydrogens (tertiary/aromatic N) is 1. The van der Waals surface area contributed by atoms with Crippen molar-refractivity contribution >= 4 is 5.91 Å². The van der Waals surface area contributed by atoms with Crippen LogP contribution in [-0.2, 0) is 9.53 Å². The number of allylic oxidation sites excluding steroid dienone is 1. The molecule has 0 unspecified atom stereocenters. The molecule has 1 amide bonds. The van der Waals surface area contributed by atoms with Crippen LogP contribution in [0.25, 0.3) is 0 Å². The molecule has 3 atom stereocenters. The van der Waals surface area contributed by atoms with Crippen molar-refractivity contribution in [2.45, 2.75) is 69.9 Å². The van der Waals surface area contributed by atoms with Gasteiger partial charge in [0.15, 0.2) is 0 Å². The Morgan fingerprint density at radius 2 is 2.32 bits per heavy atom. The molecule has 2 saturated heterocycles. The van der Waals surface area contributed by atoms with Crippen LogP contribution in [0, 0.1) is 5.92 Å². The molecule has 5 nitrogen and oxygen atoms in total. The summed E-state index contributed by atoms with van der Waals surface area (Å²) in [6.07, 6.45) is 11.1. The van der Waals surface area contributed by atoms with Gasteiger partial charge in [-0.05, 0) is 64.8 Å². The van der Waals surface area contributed by atoms with Crippen LogP contribution >= 0.6 is 0 Å². The summed E-state index contributed by atoms with van der Waals surface area (Å²) in [5.74, 6) is 0.212. The van der Waals surface area contributed by atoms with E-state index in [2.05, 4.69) is 16.3 Å². The Morgan fingerprint density at radius 3 is 3.08 bits per heavy atom. The van der Waals surface area contributed by atoms with Crippen molar-refractivity contribution in [3.8, 4) is 0 Å². The topological polar surface area (TPSA) is 61.8 Å². The number of rotatable bonds is 6. The van der Waals surface area contributed by atoms with Crippen molar-refractivity contribution in [2.75, 3.05) is 32.8 Å². The van der Waals surface area contributed by atoms with Crippen LogP contribution in [-0.4, -0.2) is 60.4 Å². The Kier molecular flexibility index (Phi) is 6.53. The predicted molar refractivity (Wildman–Crippen MR) is 98.3 cm³/mol. The Bertz CT molecular complexity index is 489. The number of nitrogens with one attached hydrogen (secondary N) is 1. The van der Waals surface area contributed by atoms with Crippen molar-refractivity contribution in [1.82, 2.24) is 10.2 Å². The zero-order valence-corrected chi connectivity index (χ0v) is 15.6. The van der Waals surface area contributed by atoms with Gasteiger partial charge < -0.3 is 15.2 Å². The zero-order valence-electron chi connectivity index (χ0n) is 15.6. The molecule has 0 bridgehead atoms. The Balaban J connectivity index is 1.46. The number of ether oxygens (including phenoxy) is 1. The highest BCUT2D eigenvalue weighted by Crippen LogP contribution is 2.35. The van der Waals surface area contributed by atoms with Gasteiger partial charge in [0.25, 0.3) is 0 Å². The molecule has 2 fully saturated rings. The van der Waals surface area contributed by atoms with E-state index in [1.165, 1.54) is 31.3 Å². The summed E-state index contributed by atoms with van der Waals surface area (Å²) in [5.41, 5.74) is 0.816. The minimum atomic E-state index is -0.685. The van der Waals surface area contributed by atoms with E-state index in [-0.39, 0.29) is 17.9 Å². The van der Waals surface area contributed by atoms with Crippen molar-refractivity contribution in [3.63, 3.8) is 0 Å². The minimum absolute atomic E-state index is 0.101. The number of carbonyl (C=O) groups excluding carboxylic acids is 1. The van der Waals surface area contributed by atoms with Crippen LogP contribution in [0.5, 0.6) is 0 Å². The highest BCUT2D eigenvalue weighted by atomic mass is 16.5. The maximum atomic E-state index is 12.4. The smallest absolute Gasteiger partial charge is 0.234 e. The number of aliphatic hydroxyl groups is 1.